The van der Waals surface area contributed by atoms with Crippen LogP contribution in [0.5, 0.6) is 11.5 Å². The molecule has 0 amide bonds. The Labute approximate surface area is 134 Å². The van der Waals surface area contributed by atoms with Crippen molar-refractivity contribution in [2.24, 2.45) is 5.73 Å². The van der Waals surface area contributed by atoms with Gasteiger partial charge >= 0.3 is 0 Å². The van der Waals surface area contributed by atoms with Crippen molar-refractivity contribution in [2.45, 2.75) is 20.0 Å². The van der Waals surface area contributed by atoms with Crippen molar-refractivity contribution in [1.82, 2.24) is 0 Å². The second kappa shape index (κ2) is 8.01. The first-order chi connectivity index (χ1) is 10.6. The highest BCUT2D eigenvalue weighted by atomic mass is 35.5. The van der Waals surface area contributed by atoms with Gasteiger partial charge in [0, 0.05) is 0 Å². The number of rotatable bonds is 7. The van der Waals surface area contributed by atoms with Crippen LogP contribution in [0.3, 0.4) is 0 Å². The van der Waals surface area contributed by atoms with Crippen molar-refractivity contribution in [1.29, 1.82) is 0 Å². The van der Waals surface area contributed by atoms with Crippen molar-refractivity contribution >= 4 is 11.6 Å². The fourth-order valence-electron chi connectivity index (χ4n) is 2.07. The minimum absolute atomic E-state index is 0.275. The van der Waals surface area contributed by atoms with Gasteiger partial charge in [0.2, 0.25) is 0 Å². The molecule has 0 aromatic heterocycles. The first-order valence-electron chi connectivity index (χ1n) is 7.16. The first kappa shape index (κ1) is 16.6. The van der Waals surface area contributed by atoms with Crippen molar-refractivity contribution in [2.75, 3.05) is 13.2 Å². The van der Waals surface area contributed by atoms with Crippen LogP contribution >= 0.6 is 11.6 Å². The maximum Gasteiger partial charge on any atom is 0.180 e. The van der Waals surface area contributed by atoms with Gasteiger partial charge in [-0.2, -0.15) is 0 Å². The van der Waals surface area contributed by atoms with Crippen LogP contribution in [0.4, 0.5) is 4.39 Å². The number of nitrogens with two attached hydrogens (primary N) is 1. The molecule has 5 heteroatoms. The van der Waals surface area contributed by atoms with E-state index in [0.717, 1.165) is 17.5 Å². The molecule has 2 aromatic carbocycles. The topological polar surface area (TPSA) is 44.5 Å². The SMILES string of the molecule is CCOc1cc(CCN)cc(Cl)c1OCc1ccc(F)cc1. The lowest BCUT2D eigenvalue weighted by Crippen LogP contribution is -2.05. The number of hydrogen-bond donors (Lipinski definition) is 1. The van der Waals surface area contributed by atoms with Crippen LogP contribution in [0.15, 0.2) is 36.4 Å². The summed E-state index contributed by atoms with van der Waals surface area (Å²) < 4.78 is 24.3. The standard InChI is InChI=1S/C17H19ClFNO2/c1-2-21-16-10-13(7-8-20)9-15(18)17(16)22-11-12-3-5-14(19)6-4-12/h3-6,9-10H,2,7-8,11,20H2,1H3. The van der Waals surface area contributed by atoms with E-state index in [4.69, 9.17) is 26.8 Å². The van der Waals surface area contributed by atoms with Crippen molar-refractivity contribution in [3.05, 3.63) is 58.4 Å². The van der Waals surface area contributed by atoms with Gasteiger partial charge in [-0.3, -0.25) is 0 Å². The molecule has 3 nitrogen and oxygen atoms in total. The molecule has 2 rings (SSSR count). The smallest absolute Gasteiger partial charge is 0.180 e. The van der Waals surface area contributed by atoms with Crippen LogP contribution in [-0.4, -0.2) is 13.2 Å². The van der Waals surface area contributed by atoms with Crippen LogP contribution in [0.1, 0.15) is 18.1 Å². The fourth-order valence-corrected chi connectivity index (χ4v) is 2.36. The summed E-state index contributed by atoms with van der Waals surface area (Å²) in [5.74, 6) is 0.817. The molecule has 0 radical (unpaired) electrons. The maximum absolute atomic E-state index is 12.9. The van der Waals surface area contributed by atoms with Crippen LogP contribution in [0.25, 0.3) is 0 Å². The Balaban J connectivity index is 2.19. The molecule has 0 spiro atoms. The second-order valence-electron chi connectivity index (χ2n) is 4.79. The van der Waals surface area contributed by atoms with E-state index in [1.165, 1.54) is 12.1 Å². The average molecular weight is 324 g/mol. The van der Waals surface area contributed by atoms with Gasteiger partial charge in [0.25, 0.3) is 0 Å². The van der Waals surface area contributed by atoms with E-state index < -0.39 is 0 Å². The summed E-state index contributed by atoms with van der Waals surface area (Å²) in [6, 6.07) is 9.86. The lowest BCUT2D eigenvalue weighted by molar-refractivity contribution is 0.269. The maximum atomic E-state index is 12.9. The molecule has 118 valence electrons. The van der Waals surface area contributed by atoms with Gasteiger partial charge in [0.1, 0.15) is 12.4 Å². The highest BCUT2D eigenvalue weighted by molar-refractivity contribution is 6.32. The van der Waals surface area contributed by atoms with Gasteiger partial charge in [-0.05, 0) is 55.3 Å². The minimum Gasteiger partial charge on any atom is -0.490 e. The third-order valence-corrected chi connectivity index (χ3v) is 3.38. The van der Waals surface area contributed by atoms with E-state index in [0.29, 0.717) is 29.7 Å². The quantitative estimate of drug-likeness (QED) is 0.839. The predicted octanol–water partition coefficient (Wildman–Crippen LogP) is 3.96. The number of halogens is 2. The molecule has 0 aliphatic heterocycles. The Morgan fingerprint density at radius 1 is 1.09 bits per heavy atom. The summed E-state index contributed by atoms with van der Waals surface area (Å²) in [6.07, 6.45) is 0.720. The first-order valence-corrected chi connectivity index (χ1v) is 7.54. The van der Waals surface area contributed by atoms with Gasteiger partial charge in [-0.1, -0.05) is 23.7 Å². The van der Waals surface area contributed by atoms with Crippen molar-refractivity contribution < 1.29 is 13.9 Å². The lowest BCUT2D eigenvalue weighted by atomic mass is 10.1. The third kappa shape index (κ3) is 4.36. The molecule has 0 unspecified atom stereocenters. The summed E-state index contributed by atoms with van der Waals surface area (Å²) in [5.41, 5.74) is 7.43. The average Bonchev–Trinajstić information content (AvgIpc) is 2.49. The van der Waals surface area contributed by atoms with Gasteiger partial charge < -0.3 is 15.2 Å². The fraction of sp³-hybridized carbons (Fsp3) is 0.294. The Morgan fingerprint density at radius 3 is 2.45 bits per heavy atom. The summed E-state index contributed by atoms with van der Waals surface area (Å²) >= 11 is 6.29. The molecular weight excluding hydrogens is 305 g/mol. The zero-order chi connectivity index (χ0) is 15.9. The summed E-state index contributed by atoms with van der Waals surface area (Å²) in [4.78, 5) is 0. The minimum atomic E-state index is -0.275. The molecule has 0 saturated heterocycles. The molecule has 0 bridgehead atoms. The van der Waals surface area contributed by atoms with E-state index in [1.807, 2.05) is 19.1 Å². The summed E-state index contributed by atoms with van der Waals surface area (Å²) in [5, 5.41) is 0.483. The van der Waals surface area contributed by atoms with E-state index >= 15 is 0 Å². The van der Waals surface area contributed by atoms with Crippen LogP contribution in [0, 0.1) is 5.82 Å². The van der Waals surface area contributed by atoms with Crippen LogP contribution in [-0.2, 0) is 13.0 Å². The second-order valence-corrected chi connectivity index (χ2v) is 5.20. The molecule has 0 aliphatic rings. The van der Waals surface area contributed by atoms with E-state index in [2.05, 4.69) is 0 Å². The van der Waals surface area contributed by atoms with E-state index in [-0.39, 0.29) is 12.4 Å². The normalized spacial score (nSPS) is 10.5. The zero-order valence-electron chi connectivity index (χ0n) is 12.4. The molecule has 0 saturated carbocycles. The zero-order valence-corrected chi connectivity index (χ0v) is 13.2. The highest BCUT2D eigenvalue weighted by Gasteiger charge is 2.12. The van der Waals surface area contributed by atoms with E-state index in [9.17, 15) is 4.39 Å². The largest absolute Gasteiger partial charge is 0.490 e. The van der Waals surface area contributed by atoms with Gasteiger partial charge in [-0.15, -0.1) is 0 Å². The molecule has 2 aromatic rings. The molecular formula is C17H19ClFNO2. The number of ether oxygens (including phenoxy) is 2. The molecule has 0 atom stereocenters. The molecule has 0 aliphatic carbocycles. The van der Waals surface area contributed by atoms with Crippen LogP contribution in [0.2, 0.25) is 5.02 Å². The molecule has 22 heavy (non-hydrogen) atoms. The number of benzene rings is 2. The molecule has 2 N–H and O–H groups in total. The van der Waals surface area contributed by atoms with Crippen molar-refractivity contribution in [3.8, 4) is 11.5 Å². The Bertz CT molecular complexity index is 617. The van der Waals surface area contributed by atoms with E-state index in [1.54, 1.807) is 12.1 Å². The highest BCUT2D eigenvalue weighted by Crippen LogP contribution is 2.37. The monoisotopic (exact) mass is 323 g/mol. The summed E-state index contributed by atoms with van der Waals surface area (Å²) in [7, 11) is 0. The Hall–Kier alpha value is -1.78. The third-order valence-electron chi connectivity index (χ3n) is 3.10. The molecule has 0 heterocycles. The van der Waals surface area contributed by atoms with Gasteiger partial charge in [0.15, 0.2) is 11.5 Å². The lowest BCUT2D eigenvalue weighted by Gasteiger charge is -2.15. The predicted molar refractivity (Wildman–Crippen MR) is 86.1 cm³/mol. The number of hydrogen-bond acceptors (Lipinski definition) is 3. The van der Waals surface area contributed by atoms with Gasteiger partial charge in [-0.25, -0.2) is 4.39 Å². The Morgan fingerprint density at radius 2 is 1.82 bits per heavy atom. The van der Waals surface area contributed by atoms with Gasteiger partial charge in [0.05, 0.1) is 11.6 Å². The Kier molecular flexibility index (Phi) is 6.04. The van der Waals surface area contributed by atoms with Crippen LogP contribution < -0.4 is 15.2 Å². The van der Waals surface area contributed by atoms with Crippen molar-refractivity contribution in [3.63, 3.8) is 0 Å². The molecule has 0 fully saturated rings. The summed E-state index contributed by atoms with van der Waals surface area (Å²) in [6.45, 7) is 3.23.